The number of aromatic amines is 1. The lowest BCUT2D eigenvalue weighted by Crippen LogP contribution is -2.01. The molecular formula is C25H23N5O2. The Labute approximate surface area is 185 Å². The quantitative estimate of drug-likeness (QED) is 0.376. The third kappa shape index (κ3) is 3.65. The van der Waals surface area contributed by atoms with E-state index in [1.807, 2.05) is 60.2 Å². The number of imidazole rings is 1. The Morgan fingerprint density at radius 3 is 2.62 bits per heavy atom. The molecule has 0 amide bonds. The molecule has 160 valence electrons. The molecule has 32 heavy (non-hydrogen) atoms. The summed E-state index contributed by atoms with van der Waals surface area (Å²) in [5.41, 5.74) is 5.83. The summed E-state index contributed by atoms with van der Waals surface area (Å²) in [6.45, 7) is 1.95. The summed E-state index contributed by atoms with van der Waals surface area (Å²) in [7, 11) is 3.29. The molecule has 2 aromatic carbocycles. The van der Waals surface area contributed by atoms with E-state index >= 15 is 0 Å². The standard InChI is InChI=1S/C25H23N5O2/c1-16-14-30(15-26-16)23-10-11-24(29-25(23)32-3)28-21-9-5-8-20-19(21)13-22(27-20)17-6-4-7-18(12-17)31-2/h4-15,27H,1-3H3,(H,28,29). The summed E-state index contributed by atoms with van der Waals surface area (Å²) in [5, 5.41) is 4.50. The highest BCUT2D eigenvalue weighted by Crippen LogP contribution is 2.32. The van der Waals surface area contributed by atoms with Crippen LogP contribution < -0.4 is 14.8 Å². The zero-order chi connectivity index (χ0) is 22.1. The Morgan fingerprint density at radius 1 is 0.969 bits per heavy atom. The second kappa shape index (κ2) is 8.11. The highest BCUT2D eigenvalue weighted by Gasteiger charge is 2.12. The number of nitrogens with zero attached hydrogens (tertiary/aromatic N) is 3. The molecule has 2 N–H and O–H groups in total. The van der Waals surface area contributed by atoms with Crippen molar-refractivity contribution in [2.45, 2.75) is 6.92 Å². The Morgan fingerprint density at radius 2 is 1.84 bits per heavy atom. The minimum Gasteiger partial charge on any atom is -0.497 e. The maximum atomic E-state index is 5.54. The van der Waals surface area contributed by atoms with Crippen LogP contribution >= 0.6 is 0 Å². The van der Waals surface area contributed by atoms with Crippen LogP contribution in [-0.2, 0) is 0 Å². The number of hydrogen-bond acceptors (Lipinski definition) is 5. The first kappa shape index (κ1) is 19.7. The van der Waals surface area contributed by atoms with Gasteiger partial charge in [-0.15, -0.1) is 0 Å². The number of nitrogens with one attached hydrogen (secondary N) is 2. The molecule has 5 aromatic rings. The largest absolute Gasteiger partial charge is 0.497 e. The molecule has 3 heterocycles. The van der Waals surface area contributed by atoms with E-state index in [0.29, 0.717) is 11.7 Å². The number of aromatic nitrogens is 4. The van der Waals surface area contributed by atoms with Gasteiger partial charge in [0.25, 0.3) is 0 Å². The summed E-state index contributed by atoms with van der Waals surface area (Å²) >= 11 is 0. The smallest absolute Gasteiger partial charge is 0.240 e. The van der Waals surface area contributed by atoms with Crippen LogP contribution in [-0.4, -0.2) is 33.7 Å². The van der Waals surface area contributed by atoms with E-state index in [0.717, 1.165) is 45.0 Å². The minimum atomic E-state index is 0.519. The molecule has 0 saturated carbocycles. The van der Waals surface area contributed by atoms with Crippen LogP contribution in [0.2, 0.25) is 0 Å². The van der Waals surface area contributed by atoms with Gasteiger partial charge in [0, 0.05) is 34.0 Å². The zero-order valence-electron chi connectivity index (χ0n) is 18.1. The first-order valence-electron chi connectivity index (χ1n) is 10.2. The van der Waals surface area contributed by atoms with Crippen LogP contribution in [0.1, 0.15) is 5.69 Å². The Hall–Kier alpha value is -4.26. The van der Waals surface area contributed by atoms with Gasteiger partial charge in [-0.05, 0) is 49.4 Å². The van der Waals surface area contributed by atoms with Crippen molar-refractivity contribution in [2.75, 3.05) is 19.5 Å². The number of H-pyrrole nitrogens is 1. The lowest BCUT2D eigenvalue weighted by Gasteiger charge is -2.12. The number of anilines is 2. The fourth-order valence-corrected chi connectivity index (χ4v) is 3.75. The van der Waals surface area contributed by atoms with Gasteiger partial charge in [-0.2, -0.15) is 4.98 Å². The number of fused-ring (bicyclic) bond motifs is 1. The lowest BCUT2D eigenvalue weighted by atomic mass is 10.1. The molecule has 0 unspecified atom stereocenters. The number of rotatable bonds is 6. The van der Waals surface area contributed by atoms with Crippen LogP contribution in [0.15, 0.2) is 73.2 Å². The van der Waals surface area contributed by atoms with E-state index in [-0.39, 0.29) is 0 Å². The third-order valence-corrected chi connectivity index (χ3v) is 5.33. The Bertz CT molecular complexity index is 1400. The van der Waals surface area contributed by atoms with Crippen LogP contribution in [0, 0.1) is 6.92 Å². The molecule has 7 heteroatoms. The number of pyridine rings is 1. The van der Waals surface area contributed by atoms with Crippen molar-refractivity contribution < 1.29 is 9.47 Å². The molecular weight excluding hydrogens is 402 g/mol. The second-order valence-corrected chi connectivity index (χ2v) is 7.45. The van der Waals surface area contributed by atoms with E-state index in [9.17, 15) is 0 Å². The van der Waals surface area contributed by atoms with Crippen molar-refractivity contribution in [1.29, 1.82) is 0 Å². The molecule has 5 rings (SSSR count). The lowest BCUT2D eigenvalue weighted by molar-refractivity contribution is 0.396. The van der Waals surface area contributed by atoms with Gasteiger partial charge in [0.15, 0.2) is 0 Å². The molecule has 0 fully saturated rings. The van der Waals surface area contributed by atoms with Crippen LogP contribution in [0.25, 0.3) is 27.8 Å². The van der Waals surface area contributed by atoms with Gasteiger partial charge < -0.3 is 24.3 Å². The van der Waals surface area contributed by atoms with Crippen molar-refractivity contribution in [3.8, 4) is 28.6 Å². The molecule has 0 aliphatic carbocycles. The van der Waals surface area contributed by atoms with Gasteiger partial charge in [0.1, 0.15) is 17.3 Å². The number of benzene rings is 2. The van der Waals surface area contributed by atoms with Gasteiger partial charge in [-0.1, -0.05) is 18.2 Å². The molecule has 0 radical (unpaired) electrons. The summed E-state index contributed by atoms with van der Waals surface area (Å²) < 4.78 is 12.8. The van der Waals surface area contributed by atoms with Crippen molar-refractivity contribution >= 4 is 22.4 Å². The predicted molar refractivity (Wildman–Crippen MR) is 126 cm³/mol. The van der Waals surface area contributed by atoms with Crippen molar-refractivity contribution in [3.05, 3.63) is 78.9 Å². The normalized spacial score (nSPS) is 11.0. The zero-order valence-corrected chi connectivity index (χ0v) is 18.1. The molecule has 0 aliphatic rings. The predicted octanol–water partition coefficient (Wildman–Crippen LogP) is 5.48. The van der Waals surface area contributed by atoms with E-state index in [1.165, 1.54) is 0 Å². The van der Waals surface area contributed by atoms with Gasteiger partial charge >= 0.3 is 0 Å². The summed E-state index contributed by atoms with van der Waals surface area (Å²) in [5.74, 6) is 2.04. The molecule has 0 spiro atoms. The first-order chi connectivity index (χ1) is 15.6. The van der Waals surface area contributed by atoms with Crippen molar-refractivity contribution in [2.24, 2.45) is 0 Å². The Balaban J connectivity index is 1.49. The van der Waals surface area contributed by atoms with Crippen LogP contribution in [0.4, 0.5) is 11.5 Å². The van der Waals surface area contributed by atoms with E-state index in [4.69, 9.17) is 9.47 Å². The molecule has 0 aliphatic heterocycles. The second-order valence-electron chi connectivity index (χ2n) is 7.45. The van der Waals surface area contributed by atoms with Crippen molar-refractivity contribution in [3.63, 3.8) is 0 Å². The third-order valence-electron chi connectivity index (χ3n) is 5.33. The fraction of sp³-hybridized carbons (Fsp3) is 0.120. The van der Waals surface area contributed by atoms with E-state index < -0.39 is 0 Å². The van der Waals surface area contributed by atoms with Gasteiger partial charge in [-0.3, -0.25) is 0 Å². The van der Waals surface area contributed by atoms with Crippen LogP contribution in [0.5, 0.6) is 11.6 Å². The maximum Gasteiger partial charge on any atom is 0.240 e. The SMILES string of the molecule is COc1cccc(-c2cc3c(Nc4ccc(-n5cnc(C)c5)c(OC)n4)cccc3[nH]2)c1. The fourth-order valence-electron chi connectivity index (χ4n) is 3.75. The molecule has 7 nitrogen and oxygen atoms in total. The van der Waals surface area contributed by atoms with Crippen LogP contribution in [0.3, 0.4) is 0 Å². The van der Waals surface area contributed by atoms with Gasteiger partial charge in [-0.25, -0.2) is 4.98 Å². The summed E-state index contributed by atoms with van der Waals surface area (Å²) in [6.07, 6.45) is 3.69. The average Bonchev–Trinajstić information content (AvgIpc) is 3.46. The van der Waals surface area contributed by atoms with Gasteiger partial charge in [0.2, 0.25) is 5.88 Å². The topological polar surface area (TPSA) is 77.0 Å². The van der Waals surface area contributed by atoms with Gasteiger partial charge in [0.05, 0.1) is 26.2 Å². The first-order valence-corrected chi connectivity index (χ1v) is 10.2. The molecule has 3 aromatic heterocycles. The summed E-state index contributed by atoms with van der Waals surface area (Å²) in [4.78, 5) is 12.4. The van der Waals surface area contributed by atoms with E-state index in [1.54, 1.807) is 20.5 Å². The highest BCUT2D eigenvalue weighted by molar-refractivity contribution is 5.97. The average molecular weight is 425 g/mol. The monoisotopic (exact) mass is 425 g/mol. The Kier molecular flexibility index (Phi) is 4.99. The highest BCUT2D eigenvalue weighted by atomic mass is 16.5. The number of hydrogen-bond donors (Lipinski definition) is 2. The summed E-state index contributed by atoms with van der Waals surface area (Å²) in [6, 6.07) is 20.1. The molecule has 0 bridgehead atoms. The van der Waals surface area contributed by atoms with Crippen molar-refractivity contribution in [1.82, 2.24) is 19.5 Å². The maximum absolute atomic E-state index is 5.54. The molecule has 0 atom stereocenters. The minimum absolute atomic E-state index is 0.519. The number of aryl methyl sites for hydroxylation is 1. The number of ether oxygens (including phenoxy) is 2. The number of methoxy groups -OCH3 is 2. The van der Waals surface area contributed by atoms with E-state index in [2.05, 4.69) is 38.5 Å². The molecule has 0 saturated heterocycles.